The zero-order valence-corrected chi connectivity index (χ0v) is 14.1. The van der Waals surface area contributed by atoms with E-state index in [1.54, 1.807) is 25.7 Å². The number of rotatable bonds is 5. The molecule has 1 aliphatic heterocycles. The maximum absolute atomic E-state index is 12.0. The van der Waals surface area contributed by atoms with E-state index in [0.717, 1.165) is 19.3 Å². The smallest absolute Gasteiger partial charge is 0.407 e. The normalized spacial score (nSPS) is 16.4. The van der Waals surface area contributed by atoms with Crippen LogP contribution in [0, 0.1) is 0 Å². The molecule has 0 aliphatic carbocycles. The topological polar surface area (TPSA) is 108 Å². The van der Waals surface area contributed by atoms with Gasteiger partial charge >= 0.3 is 18.1 Å². The standard InChI is InChI=1S/C15H27N3O5/c1-15(2,3)23-14(22)16-8-7-11(12(19)20)17-13(21)18-9-5-4-6-10-18/h11H,4-10H2,1-3H3,(H,16,22)(H,17,21)(H,19,20)/t11-/m0/s1. The number of nitrogens with zero attached hydrogens (tertiary/aromatic N) is 1. The SMILES string of the molecule is CC(C)(C)OC(=O)NCC[C@H](NC(=O)N1CCCCC1)C(=O)O. The zero-order valence-electron chi connectivity index (χ0n) is 14.1. The van der Waals surface area contributed by atoms with Crippen molar-refractivity contribution in [1.82, 2.24) is 15.5 Å². The highest BCUT2D eigenvalue weighted by atomic mass is 16.6. The number of urea groups is 1. The molecule has 0 aromatic rings. The van der Waals surface area contributed by atoms with E-state index in [1.807, 2.05) is 0 Å². The molecule has 0 aromatic heterocycles. The molecule has 0 bridgehead atoms. The van der Waals surface area contributed by atoms with E-state index in [1.165, 1.54) is 0 Å². The second-order valence-electron chi connectivity index (χ2n) is 6.61. The largest absolute Gasteiger partial charge is 0.480 e. The molecule has 1 heterocycles. The van der Waals surface area contributed by atoms with Crippen LogP contribution in [0.1, 0.15) is 46.5 Å². The molecule has 1 atom stereocenters. The second-order valence-corrected chi connectivity index (χ2v) is 6.61. The van der Waals surface area contributed by atoms with Gasteiger partial charge in [0, 0.05) is 19.6 Å². The highest BCUT2D eigenvalue weighted by molar-refractivity contribution is 5.82. The van der Waals surface area contributed by atoms with E-state index in [4.69, 9.17) is 4.74 Å². The molecule has 1 fully saturated rings. The summed E-state index contributed by atoms with van der Waals surface area (Å²) in [4.78, 5) is 36.4. The van der Waals surface area contributed by atoms with Crippen molar-refractivity contribution in [2.24, 2.45) is 0 Å². The molecule has 1 saturated heterocycles. The van der Waals surface area contributed by atoms with Crippen LogP contribution in [0.4, 0.5) is 9.59 Å². The fourth-order valence-corrected chi connectivity index (χ4v) is 2.23. The number of carboxylic acids is 1. The van der Waals surface area contributed by atoms with Crippen molar-refractivity contribution in [2.75, 3.05) is 19.6 Å². The van der Waals surface area contributed by atoms with Gasteiger partial charge < -0.3 is 25.4 Å². The lowest BCUT2D eigenvalue weighted by Gasteiger charge is -2.28. The first kappa shape index (κ1) is 19.1. The lowest BCUT2D eigenvalue weighted by Crippen LogP contribution is -2.50. The van der Waals surface area contributed by atoms with Crippen molar-refractivity contribution >= 4 is 18.1 Å². The summed E-state index contributed by atoms with van der Waals surface area (Å²) in [5.41, 5.74) is -0.612. The minimum atomic E-state index is -1.12. The molecular weight excluding hydrogens is 302 g/mol. The first-order chi connectivity index (χ1) is 10.7. The molecule has 3 amide bonds. The van der Waals surface area contributed by atoms with Crippen LogP contribution in [-0.2, 0) is 9.53 Å². The Kier molecular flexibility index (Phi) is 7.12. The van der Waals surface area contributed by atoms with Gasteiger partial charge in [0.05, 0.1) is 0 Å². The number of carbonyl (C=O) groups is 3. The molecule has 0 saturated carbocycles. The maximum atomic E-state index is 12.0. The number of amides is 3. The van der Waals surface area contributed by atoms with Gasteiger partial charge in [-0.25, -0.2) is 14.4 Å². The summed E-state index contributed by atoms with van der Waals surface area (Å²) in [6, 6.07) is -1.41. The minimum absolute atomic E-state index is 0.0914. The number of piperidine rings is 1. The van der Waals surface area contributed by atoms with Crippen molar-refractivity contribution < 1.29 is 24.2 Å². The van der Waals surface area contributed by atoms with E-state index < -0.39 is 23.7 Å². The van der Waals surface area contributed by atoms with Crippen LogP contribution in [-0.4, -0.2) is 59.4 Å². The van der Waals surface area contributed by atoms with Gasteiger partial charge in [-0.15, -0.1) is 0 Å². The summed E-state index contributed by atoms with van der Waals surface area (Å²) in [7, 11) is 0. The highest BCUT2D eigenvalue weighted by Crippen LogP contribution is 2.09. The Hall–Kier alpha value is -1.99. The van der Waals surface area contributed by atoms with Crippen LogP contribution in [0.5, 0.6) is 0 Å². The van der Waals surface area contributed by atoms with Gasteiger partial charge in [0.25, 0.3) is 0 Å². The number of hydrogen-bond donors (Lipinski definition) is 3. The number of hydrogen-bond acceptors (Lipinski definition) is 4. The van der Waals surface area contributed by atoms with Crippen LogP contribution >= 0.6 is 0 Å². The van der Waals surface area contributed by atoms with Gasteiger partial charge in [-0.1, -0.05) is 0 Å². The number of nitrogens with one attached hydrogen (secondary N) is 2. The number of aliphatic carboxylic acids is 1. The molecule has 0 unspecified atom stereocenters. The summed E-state index contributed by atoms with van der Waals surface area (Å²) in [5, 5.41) is 14.2. The third kappa shape index (κ3) is 7.71. The monoisotopic (exact) mass is 329 g/mol. The molecule has 1 rings (SSSR count). The predicted octanol–water partition coefficient (Wildman–Crippen LogP) is 1.55. The Morgan fingerprint density at radius 2 is 1.78 bits per heavy atom. The summed E-state index contributed by atoms with van der Waals surface area (Å²) in [6.07, 6.45) is 2.44. The van der Waals surface area contributed by atoms with E-state index in [2.05, 4.69) is 10.6 Å². The number of carboxylic acid groups (broad SMARTS) is 1. The number of ether oxygens (including phenoxy) is 1. The van der Waals surface area contributed by atoms with Crippen molar-refractivity contribution in [3.63, 3.8) is 0 Å². The van der Waals surface area contributed by atoms with Crippen molar-refractivity contribution in [3.8, 4) is 0 Å². The van der Waals surface area contributed by atoms with Gasteiger partial charge in [-0.2, -0.15) is 0 Å². The molecule has 23 heavy (non-hydrogen) atoms. The van der Waals surface area contributed by atoms with Crippen molar-refractivity contribution in [1.29, 1.82) is 0 Å². The molecule has 0 spiro atoms. The van der Waals surface area contributed by atoms with Crippen molar-refractivity contribution in [2.45, 2.75) is 58.1 Å². The average molecular weight is 329 g/mol. The molecule has 1 aliphatic rings. The maximum Gasteiger partial charge on any atom is 0.407 e. The predicted molar refractivity (Wildman–Crippen MR) is 84.2 cm³/mol. The zero-order chi connectivity index (χ0) is 17.5. The fourth-order valence-electron chi connectivity index (χ4n) is 2.23. The Balaban J connectivity index is 2.38. The summed E-state index contributed by atoms with van der Waals surface area (Å²) >= 11 is 0. The van der Waals surface area contributed by atoms with Gasteiger partial charge in [0.15, 0.2) is 0 Å². The van der Waals surface area contributed by atoms with Gasteiger partial charge in [0.1, 0.15) is 11.6 Å². The van der Waals surface area contributed by atoms with E-state index in [0.29, 0.717) is 13.1 Å². The molecule has 0 radical (unpaired) electrons. The first-order valence-corrected chi connectivity index (χ1v) is 7.94. The molecule has 3 N–H and O–H groups in total. The molecule has 8 nitrogen and oxygen atoms in total. The van der Waals surface area contributed by atoms with E-state index in [-0.39, 0.29) is 19.0 Å². The summed E-state index contributed by atoms with van der Waals surface area (Å²) in [6.45, 7) is 6.62. The van der Waals surface area contributed by atoms with Crippen LogP contribution in [0.2, 0.25) is 0 Å². The van der Waals surface area contributed by atoms with Gasteiger partial charge in [-0.3, -0.25) is 0 Å². The van der Waals surface area contributed by atoms with Gasteiger partial charge in [0.2, 0.25) is 0 Å². The first-order valence-electron chi connectivity index (χ1n) is 7.94. The number of carbonyl (C=O) groups excluding carboxylic acids is 2. The second kappa shape index (κ2) is 8.59. The molecule has 132 valence electrons. The van der Waals surface area contributed by atoms with Crippen LogP contribution in [0.15, 0.2) is 0 Å². The van der Waals surface area contributed by atoms with Gasteiger partial charge in [-0.05, 0) is 46.5 Å². The third-order valence-corrected chi connectivity index (χ3v) is 3.34. The van der Waals surface area contributed by atoms with E-state index in [9.17, 15) is 19.5 Å². The number of likely N-dealkylation sites (tertiary alicyclic amines) is 1. The fraction of sp³-hybridized carbons (Fsp3) is 0.800. The Labute approximate surface area is 136 Å². The number of alkyl carbamates (subject to hydrolysis) is 1. The minimum Gasteiger partial charge on any atom is -0.480 e. The van der Waals surface area contributed by atoms with Crippen LogP contribution in [0.25, 0.3) is 0 Å². The molecule has 0 aromatic carbocycles. The summed E-state index contributed by atoms with van der Waals surface area (Å²) in [5.74, 6) is -1.12. The quantitative estimate of drug-likeness (QED) is 0.709. The lowest BCUT2D eigenvalue weighted by atomic mass is 10.1. The lowest BCUT2D eigenvalue weighted by molar-refractivity contribution is -0.139. The summed E-state index contributed by atoms with van der Waals surface area (Å²) < 4.78 is 5.06. The van der Waals surface area contributed by atoms with E-state index >= 15 is 0 Å². The van der Waals surface area contributed by atoms with Crippen LogP contribution < -0.4 is 10.6 Å². The Bertz CT molecular complexity index is 427. The Morgan fingerprint density at radius 3 is 2.30 bits per heavy atom. The third-order valence-electron chi connectivity index (χ3n) is 3.34. The molecule has 8 heteroatoms. The van der Waals surface area contributed by atoms with Crippen LogP contribution in [0.3, 0.4) is 0 Å². The Morgan fingerprint density at radius 1 is 1.17 bits per heavy atom. The van der Waals surface area contributed by atoms with Crippen molar-refractivity contribution in [3.05, 3.63) is 0 Å². The average Bonchev–Trinajstić information content (AvgIpc) is 2.45. The molecular formula is C15H27N3O5. The highest BCUT2D eigenvalue weighted by Gasteiger charge is 2.24.